The Balaban J connectivity index is -0.000000117. The molecule has 41 heavy (non-hydrogen) atoms. The number of nitrogens with one attached hydrogen (secondary N) is 2. The summed E-state index contributed by atoms with van der Waals surface area (Å²) >= 11 is 0. The van der Waals surface area contributed by atoms with Gasteiger partial charge in [-0.1, -0.05) is 104 Å². The van der Waals surface area contributed by atoms with E-state index in [0.29, 0.717) is 0 Å². The normalized spacial score (nSPS) is 16.7. The topological polar surface area (TPSA) is 55.0 Å². The Kier molecular flexibility index (Phi) is 57.5. The van der Waals surface area contributed by atoms with Crippen LogP contribution in [0, 0.1) is 29.6 Å². The predicted octanol–water partition coefficient (Wildman–Crippen LogP) is 9.88. The molecular weight excluding hydrogens is 508 g/mol. The van der Waals surface area contributed by atoms with Crippen LogP contribution in [-0.2, 0) is 14.2 Å². The van der Waals surface area contributed by atoms with Crippen molar-refractivity contribution in [2.24, 2.45) is 29.6 Å². The summed E-state index contributed by atoms with van der Waals surface area (Å²) in [6.07, 6.45) is 8.00. The van der Waals surface area contributed by atoms with E-state index < -0.39 is 0 Å². The van der Waals surface area contributed by atoms with Crippen LogP contribution < -0.4 is 10.6 Å². The van der Waals surface area contributed by atoms with Gasteiger partial charge in [0, 0.05) is 26.4 Å². The van der Waals surface area contributed by atoms with Crippen molar-refractivity contribution in [3.8, 4) is 0 Å². The lowest BCUT2D eigenvalue weighted by atomic mass is 10.3. The Hall–Kier alpha value is -0.200. The minimum Gasteiger partial charge on any atom is -0.381 e. The fourth-order valence-corrected chi connectivity index (χ4v) is 1.46. The molecule has 5 aliphatic rings. The molecule has 0 radical (unpaired) electrons. The molecule has 5 saturated heterocycles. The number of rotatable bonds is 0. The molecule has 5 rings (SSSR count). The third-order valence-electron chi connectivity index (χ3n) is 3.27. The van der Waals surface area contributed by atoms with Crippen LogP contribution in [0.3, 0.4) is 0 Å². The highest BCUT2D eigenvalue weighted by Crippen LogP contribution is 1.98. The van der Waals surface area contributed by atoms with Gasteiger partial charge in [0.05, 0.1) is 13.2 Å². The van der Waals surface area contributed by atoms with Gasteiger partial charge in [-0.15, -0.1) is 0 Å². The summed E-state index contributed by atoms with van der Waals surface area (Å²) in [5.74, 6) is 4.17. The van der Waals surface area contributed by atoms with Crippen LogP contribution in [0.15, 0.2) is 0 Å². The van der Waals surface area contributed by atoms with Crippen LogP contribution in [0.2, 0.25) is 0 Å². The first kappa shape index (κ1) is 50.4. The van der Waals surface area contributed by atoms with E-state index in [0.717, 1.165) is 69.2 Å². The van der Waals surface area contributed by atoms with Gasteiger partial charge >= 0.3 is 0 Å². The molecule has 2 N–H and O–H groups in total. The monoisotopic (exact) mass is 593 g/mol. The minimum atomic E-state index is 0.833. The van der Waals surface area contributed by atoms with Gasteiger partial charge in [-0.05, 0) is 94.3 Å². The molecule has 0 bridgehead atoms. The summed E-state index contributed by atoms with van der Waals surface area (Å²) < 4.78 is 14.2. The van der Waals surface area contributed by atoms with E-state index in [2.05, 4.69) is 119 Å². The Morgan fingerprint density at radius 1 is 0.293 bits per heavy atom. The molecule has 256 valence electrons. The SMILES string of the molecule is C1CCNC1.C1CCOC1.C1CNC1.C1CO1.C1COC1.CC(C)C.CC(C)C.CC(C)C.CC(C)C.CC(C)C. The molecule has 5 aliphatic heterocycles. The Labute approximate surface area is 262 Å². The fraction of sp³-hybridized carbons (Fsp3) is 1.00. The molecule has 0 aromatic carbocycles. The first-order valence-corrected chi connectivity index (χ1v) is 17.3. The first-order valence-electron chi connectivity index (χ1n) is 17.3. The molecule has 5 heteroatoms. The van der Waals surface area contributed by atoms with Crippen LogP contribution in [0.25, 0.3) is 0 Å². The summed E-state index contributed by atoms with van der Waals surface area (Å²) in [7, 11) is 0. The average Bonchev–Trinajstić information content (AvgIpc) is 3.24. The van der Waals surface area contributed by atoms with E-state index in [4.69, 9.17) is 9.47 Å². The standard InChI is InChI=1S/C4H9N.C4H8O.5C4H10.C3H7N.C3H6O.C2H4O/c2*1-2-4-5-3-1;5*1-4(2)3;2*1-2-4-3-1;1-2-3-1/h5H,1-4H2;1-4H2;5*4H,1-3H3;4H,1-3H2;1-3H2;1-2H2. The number of hydrogen-bond donors (Lipinski definition) is 2. The zero-order chi connectivity index (χ0) is 32.7. The Morgan fingerprint density at radius 3 is 0.537 bits per heavy atom. The van der Waals surface area contributed by atoms with Crippen molar-refractivity contribution in [3.05, 3.63) is 0 Å². The van der Waals surface area contributed by atoms with Crippen molar-refractivity contribution < 1.29 is 14.2 Å². The van der Waals surface area contributed by atoms with Crippen LogP contribution in [0.1, 0.15) is 142 Å². The zero-order valence-electron chi connectivity index (χ0n) is 31.4. The molecule has 0 aromatic heterocycles. The smallest absolute Gasteiger partial charge is 0.0701 e. The van der Waals surface area contributed by atoms with Crippen LogP contribution >= 0.6 is 0 Å². The Bertz CT molecular complexity index is 278. The lowest BCUT2D eigenvalue weighted by Crippen LogP contribution is -2.29. The van der Waals surface area contributed by atoms with Crippen molar-refractivity contribution in [1.29, 1.82) is 0 Å². The van der Waals surface area contributed by atoms with Gasteiger partial charge in [-0.2, -0.15) is 0 Å². The second kappa shape index (κ2) is 46.7. The fourth-order valence-electron chi connectivity index (χ4n) is 1.46. The van der Waals surface area contributed by atoms with Crippen molar-refractivity contribution in [3.63, 3.8) is 0 Å². The molecule has 0 aromatic rings. The number of ether oxygens (including phenoxy) is 3. The molecule has 0 saturated carbocycles. The molecule has 0 unspecified atom stereocenters. The van der Waals surface area contributed by atoms with Crippen LogP contribution in [0.4, 0.5) is 0 Å². The van der Waals surface area contributed by atoms with Crippen molar-refractivity contribution in [1.82, 2.24) is 10.6 Å². The quantitative estimate of drug-likeness (QED) is 0.274. The minimum absolute atomic E-state index is 0.833. The van der Waals surface area contributed by atoms with E-state index in [1.54, 1.807) is 0 Å². The summed E-state index contributed by atoms with van der Waals surface area (Å²) in [5.41, 5.74) is 0. The van der Waals surface area contributed by atoms with Crippen LogP contribution in [0.5, 0.6) is 0 Å². The maximum atomic E-state index is 4.94. The molecule has 5 nitrogen and oxygen atoms in total. The highest BCUT2D eigenvalue weighted by atomic mass is 16.6. The summed E-state index contributed by atoms with van der Waals surface area (Å²) in [5, 5.41) is 6.33. The summed E-state index contributed by atoms with van der Waals surface area (Å²) in [6, 6.07) is 0. The lowest BCUT2D eigenvalue weighted by molar-refractivity contribution is 0.0367. The number of epoxide rings is 1. The van der Waals surface area contributed by atoms with Crippen molar-refractivity contribution in [2.45, 2.75) is 142 Å². The van der Waals surface area contributed by atoms with Gasteiger partial charge < -0.3 is 24.8 Å². The second-order valence-corrected chi connectivity index (χ2v) is 14.1. The summed E-state index contributed by atoms with van der Waals surface area (Å²) in [6.45, 7) is 43.5. The third-order valence-corrected chi connectivity index (χ3v) is 3.27. The van der Waals surface area contributed by atoms with Crippen molar-refractivity contribution >= 4 is 0 Å². The predicted molar refractivity (Wildman–Crippen MR) is 188 cm³/mol. The van der Waals surface area contributed by atoms with Gasteiger partial charge in [-0.25, -0.2) is 0 Å². The molecule has 0 amide bonds. The largest absolute Gasteiger partial charge is 0.381 e. The van der Waals surface area contributed by atoms with E-state index in [1.165, 1.54) is 64.7 Å². The summed E-state index contributed by atoms with van der Waals surface area (Å²) in [4.78, 5) is 0. The maximum Gasteiger partial charge on any atom is 0.0701 e. The van der Waals surface area contributed by atoms with Gasteiger partial charge in [0.2, 0.25) is 0 Å². The van der Waals surface area contributed by atoms with Crippen molar-refractivity contribution in [2.75, 3.05) is 65.8 Å². The molecule has 0 aliphatic carbocycles. The highest BCUT2D eigenvalue weighted by Gasteiger charge is 1.95. The number of hydrogen-bond acceptors (Lipinski definition) is 5. The van der Waals surface area contributed by atoms with E-state index >= 15 is 0 Å². The first-order chi connectivity index (χ1) is 19.2. The molecule has 5 heterocycles. The van der Waals surface area contributed by atoms with E-state index in [-0.39, 0.29) is 0 Å². The lowest BCUT2D eigenvalue weighted by Gasteiger charge is -2.09. The third kappa shape index (κ3) is 161. The average molecular weight is 593 g/mol. The van der Waals surface area contributed by atoms with E-state index in [9.17, 15) is 0 Å². The molecule has 5 fully saturated rings. The van der Waals surface area contributed by atoms with Gasteiger partial charge in [-0.3, -0.25) is 0 Å². The van der Waals surface area contributed by atoms with Gasteiger partial charge in [0.15, 0.2) is 0 Å². The van der Waals surface area contributed by atoms with Gasteiger partial charge in [0.1, 0.15) is 0 Å². The van der Waals surface area contributed by atoms with E-state index in [1.807, 2.05) is 0 Å². The zero-order valence-corrected chi connectivity index (χ0v) is 31.4. The van der Waals surface area contributed by atoms with Crippen LogP contribution in [-0.4, -0.2) is 65.8 Å². The Morgan fingerprint density at radius 2 is 0.488 bits per heavy atom. The molecule has 0 atom stereocenters. The molecular formula is C36H84N2O3. The maximum absolute atomic E-state index is 4.94. The highest BCUT2D eigenvalue weighted by molar-refractivity contribution is 4.57. The molecule has 0 spiro atoms. The van der Waals surface area contributed by atoms with Gasteiger partial charge in [0.25, 0.3) is 0 Å². The second-order valence-electron chi connectivity index (χ2n) is 14.1.